The number of halogens is 3. The van der Waals surface area contributed by atoms with Gasteiger partial charge in [-0.15, -0.1) is 0 Å². The molecule has 0 aliphatic heterocycles. The lowest BCUT2D eigenvalue weighted by molar-refractivity contribution is 0.412. The Labute approximate surface area is 189 Å². The molecule has 0 saturated carbocycles. The number of rotatable bonds is 6. The molecule has 0 unspecified atom stereocenters. The van der Waals surface area contributed by atoms with Crippen LogP contribution in [0.5, 0.6) is 34.5 Å². The minimum Gasteiger partial charge on any atom is -0.457 e. The summed E-state index contributed by atoms with van der Waals surface area (Å²) in [7, 11) is 0. The Morgan fingerprint density at radius 1 is 0.400 bits per heavy atom. The molecule has 4 aromatic carbocycles. The van der Waals surface area contributed by atoms with Gasteiger partial charge in [-0.2, -0.15) is 0 Å². The molecule has 0 N–H and O–H groups in total. The van der Waals surface area contributed by atoms with Crippen molar-refractivity contribution >= 4 is 34.8 Å². The number of ether oxygens (including phenoxy) is 3. The van der Waals surface area contributed by atoms with Gasteiger partial charge in [0.05, 0.1) is 0 Å². The predicted octanol–water partition coefficient (Wildman–Crippen LogP) is 9.02. The fourth-order valence-corrected chi connectivity index (χ4v) is 3.24. The second-order valence-electron chi connectivity index (χ2n) is 6.29. The van der Waals surface area contributed by atoms with Crippen LogP contribution in [-0.2, 0) is 0 Å². The third-order valence-electron chi connectivity index (χ3n) is 3.99. The fraction of sp³-hybridized carbons (Fsp3) is 0. The van der Waals surface area contributed by atoms with E-state index in [-0.39, 0.29) is 0 Å². The summed E-state index contributed by atoms with van der Waals surface area (Å²) in [5, 5.41) is 1.73. The molecule has 6 heteroatoms. The van der Waals surface area contributed by atoms with E-state index in [9.17, 15) is 0 Å². The van der Waals surface area contributed by atoms with Gasteiger partial charge in [-0.3, -0.25) is 0 Å². The van der Waals surface area contributed by atoms with Crippen LogP contribution >= 0.6 is 34.8 Å². The molecule has 0 saturated heterocycles. The zero-order valence-corrected chi connectivity index (χ0v) is 17.8. The van der Waals surface area contributed by atoms with Gasteiger partial charge in [-0.1, -0.05) is 53.0 Å². The van der Waals surface area contributed by atoms with E-state index in [0.717, 1.165) is 0 Å². The summed E-state index contributed by atoms with van der Waals surface area (Å²) >= 11 is 18.2. The number of hydrogen-bond acceptors (Lipinski definition) is 3. The van der Waals surface area contributed by atoms with Crippen LogP contribution in [0, 0.1) is 0 Å². The van der Waals surface area contributed by atoms with Crippen molar-refractivity contribution in [1.82, 2.24) is 0 Å². The standard InChI is InChI=1S/C24H15Cl3O3/c25-16-4-1-7-19(12-16)28-22-10-11-23(29-20-8-2-5-17(26)13-20)24(15-22)30-21-9-3-6-18(27)14-21/h1-15H. The fourth-order valence-electron chi connectivity index (χ4n) is 2.70. The maximum atomic E-state index is 6.09. The molecule has 4 aromatic rings. The third-order valence-corrected chi connectivity index (χ3v) is 4.70. The topological polar surface area (TPSA) is 27.7 Å². The summed E-state index contributed by atoms with van der Waals surface area (Å²) in [6.45, 7) is 0. The van der Waals surface area contributed by atoms with E-state index in [1.165, 1.54) is 0 Å². The average Bonchev–Trinajstić information content (AvgIpc) is 2.70. The molecule has 150 valence electrons. The van der Waals surface area contributed by atoms with Crippen LogP contribution in [-0.4, -0.2) is 0 Å². The molecule has 0 amide bonds. The van der Waals surface area contributed by atoms with E-state index in [1.54, 1.807) is 60.7 Å². The number of hydrogen-bond donors (Lipinski definition) is 0. The van der Waals surface area contributed by atoms with Gasteiger partial charge in [-0.25, -0.2) is 0 Å². The Morgan fingerprint density at radius 2 is 0.833 bits per heavy atom. The molecule has 0 atom stereocenters. The molecule has 0 heterocycles. The predicted molar refractivity (Wildman–Crippen MR) is 121 cm³/mol. The molecule has 0 spiro atoms. The van der Waals surface area contributed by atoms with E-state index in [2.05, 4.69) is 0 Å². The Bertz CT molecular complexity index is 1180. The Kier molecular flexibility index (Phi) is 6.34. The molecule has 0 bridgehead atoms. The van der Waals surface area contributed by atoms with Crippen molar-refractivity contribution in [1.29, 1.82) is 0 Å². The van der Waals surface area contributed by atoms with Gasteiger partial charge in [-0.05, 0) is 66.7 Å². The largest absolute Gasteiger partial charge is 0.457 e. The van der Waals surface area contributed by atoms with Gasteiger partial charge in [0, 0.05) is 21.1 Å². The van der Waals surface area contributed by atoms with Gasteiger partial charge in [0.15, 0.2) is 11.5 Å². The van der Waals surface area contributed by atoms with Gasteiger partial charge in [0.1, 0.15) is 23.0 Å². The Hall–Kier alpha value is -2.85. The van der Waals surface area contributed by atoms with Crippen LogP contribution in [0.15, 0.2) is 91.0 Å². The molecule has 30 heavy (non-hydrogen) atoms. The second-order valence-corrected chi connectivity index (χ2v) is 7.60. The van der Waals surface area contributed by atoms with Crippen LogP contribution in [0.4, 0.5) is 0 Å². The normalized spacial score (nSPS) is 10.5. The van der Waals surface area contributed by atoms with Crippen molar-refractivity contribution in [3.63, 3.8) is 0 Å². The first-order chi connectivity index (χ1) is 14.5. The summed E-state index contributed by atoms with van der Waals surface area (Å²) in [6.07, 6.45) is 0. The first-order valence-electron chi connectivity index (χ1n) is 8.99. The molecule has 4 rings (SSSR count). The van der Waals surface area contributed by atoms with Crippen LogP contribution in [0.2, 0.25) is 15.1 Å². The van der Waals surface area contributed by atoms with Crippen molar-refractivity contribution in [3.05, 3.63) is 106 Å². The monoisotopic (exact) mass is 456 g/mol. The lowest BCUT2D eigenvalue weighted by atomic mass is 10.2. The average molecular weight is 458 g/mol. The smallest absolute Gasteiger partial charge is 0.173 e. The lowest BCUT2D eigenvalue weighted by Gasteiger charge is -2.15. The summed E-state index contributed by atoms with van der Waals surface area (Å²) in [5.74, 6) is 3.28. The van der Waals surface area contributed by atoms with E-state index >= 15 is 0 Å². The van der Waals surface area contributed by atoms with Crippen LogP contribution in [0.1, 0.15) is 0 Å². The molecule has 3 nitrogen and oxygen atoms in total. The molecular weight excluding hydrogens is 443 g/mol. The first kappa shape index (κ1) is 20.4. The highest BCUT2D eigenvalue weighted by Crippen LogP contribution is 2.39. The molecule has 0 aromatic heterocycles. The summed E-state index contributed by atoms with van der Waals surface area (Å²) in [4.78, 5) is 0. The van der Waals surface area contributed by atoms with Gasteiger partial charge < -0.3 is 14.2 Å². The Morgan fingerprint density at radius 3 is 1.33 bits per heavy atom. The van der Waals surface area contributed by atoms with Crippen molar-refractivity contribution in [2.45, 2.75) is 0 Å². The first-order valence-corrected chi connectivity index (χ1v) is 10.1. The highest BCUT2D eigenvalue weighted by Gasteiger charge is 2.12. The lowest BCUT2D eigenvalue weighted by Crippen LogP contribution is -1.92. The highest BCUT2D eigenvalue weighted by molar-refractivity contribution is 6.31. The molecule has 0 aliphatic rings. The third kappa shape index (κ3) is 5.39. The summed E-state index contributed by atoms with van der Waals surface area (Å²) < 4.78 is 18.0. The Balaban J connectivity index is 1.67. The van der Waals surface area contributed by atoms with Crippen LogP contribution in [0.3, 0.4) is 0 Å². The van der Waals surface area contributed by atoms with Crippen LogP contribution < -0.4 is 14.2 Å². The van der Waals surface area contributed by atoms with E-state index in [4.69, 9.17) is 49.0 Å². The second kappa shape index (κ2) is 9.31. The van der Waals surface area contributed by atoms with Crippen molar-refractivity contribution in [2.75, 3.05) is 0 Å². The van der Waals surface area contributed by atoms with E-state index < -0.39 is 0 Å². The number of benzene rings is 4. The maximum absolute atomic E-state index is 6.09. The minimum atomic E-state index is 0.455. The molecule has 0 radical (unpaired) electrons. The quantitative estimate of drug-likeness (QED) is 0.289. The van der Waals surface area contributed by atoms with E-state index in [1.807, 2.05) is 30.3 Å². The van der Waals surface area contributed by atoms with Crippen LogP contribution in [0.25, 0.3) is 0 Å². The van der Waals surface area contributed by atoms with Gasteiger partial charge >= 0.3 is 0 Å². The van der Waals surface area contributed by atoms with Crippen molar-refractivity contribution in [3.8, 4) is 34.5 Å². The van der Waals surface area contributed by atoms with Gasteiger partial charge in [0.25, 0.3) is 0 Å². The zero-order chi connectivity index (χ0) is 20.9. The van der Waals surface area contributed by atoms with Gasteiger partial charge in [0.2, 0.25) is 0 Å². The van der Waals surface area contributed by atoms with Crippen molar-refractivity contribution in [2.24, 2.45) is 0 Å². The maximum Gasteiger partial charge on any atom is 0.173 e. The minimum absolute atomic E-state index is 0.455. The summed E-state index contributed by atoms with van der Waals surface area (Å²) in [6, 6.07) is 26.7. The zero-order valence-electron chi connectivity index (χ0n) is 15.5. The van der Waals surface area contributed by atoms with Crippen molar-refractivity contribution < 1.29 is 14.2 Å². The molecular formula is C24H15Cl3O3. The summed E-state index contributed by atoms with van der Waals surface area (Å²) in [5.41, 5.74) is 0. The van der Waals surface area contributed by atoms with E-state index in [0.29, 0.717) is 49.6 Å². The SMILES string of the molecule is Clc1cccc(Oc2ccc(Oc3cccc(Cl)c3)c(Oc3cccc(Cl)c3)c2)c1. The molecule has 0 aliphatic carbocycles. The highest BCUT2D eigenvalue weighted by atomic mass is 35.5. The molecule has 0 fully saturated rings.